The molecule has 0 aliphatic rings. The maximum Gasteiger partial charge on any atom is 0.322 e. The first-order chi connectivity index (χ1) is 7.00. The van der Waals surface area contributed by atoms with Crippen molar-refractivity contribution in [3.05, 3.63) is 21.9 Å². The van der Waals surface area contributed by atoms with Crippen molar-refractivity contribution >= 4 is 29.0 Å². The number of amides is 1. The van der Waals surface area contributed by atoms with Crippen molar-refractivity contribution in [3.63, 3.8) is 0 Å². The van der Waals surface area contributed by atoms with Crippen molar-refractivity contribution in [1.29, 1.82) is 0 Å². The Labute approximate surface area is 89.7 Å². The molecule has 0 aliphatic carbocycles. The Hall–Kier alpha value is -1.69. The number of carboxylic acid groups (broad SMARTS) is 1. The largest absolute Gasteiger partial charge is 0.480 e. The van der Waals surface area contributed by atoms with Crippen LogP contribution in [0.2, 0.25) is 0 Å². The van der Waals surface area contributed by atoms with Gasteiger partial charge in [0.05, 0.1) is 4.88 Å². The van der Waals surface area contributed by atoms with Crippen LogP contribution in [0.4, 0.5) is 0 Å². The molecule has 0 saturated heterocycles. The molecule has 0 unspecified atom stereocenters. The molecule has 2 N–H and O–H groups in total. The SMILES string of the molecule is CC(=O)c1csc(C(=O)NCC(=O)O)c1. The van der Waals surface area contributed by atoms with Crippen molar-refractivity contribution < 1.29 is 19.5 Å². The van der Waals surface area contributed by atoms with E-state index in [0.29, 0.717) is 10.4 Å². The van der Waals surface area contributed by atoms with Crippen LogP contribution >= 0.6 is 11.3 Å². The minimum atomic E-state index is -1.10. The molecule has 0 aromatic carbocycles. The number of nitrogens with one attached hydrogen (secondary N) is 1. The highest BCUT2D eigenvalue weighted by Crippen LogP contribution is 2.14. The number of thiophene rings is 1. The predicted octanol–water partition coefficient (Wildman–Crippen LogP) is 0.765. The average molecular weight is 227 g/mol. The van der Waals surface area contributed by atoms with E-state index < -0.39 is 18.4 Å². The summed E-state index contributed by atoms with van der Waals surface area (Å²) in [5.74, 6) is -1.70. The van der Waals surface area contributed by atoms with Crippen LogP contribution in [-0.4, -0.2) is 29.3 Å². The Morgan fingerprint density at radius 1 is 1.47 bits per heavy atom. The molecular formula is C9H9NO4S. The van der Waals surface area contributed by atoms with Gasteiger partial charge in [0.25, 0.3) is 5.91 Å². The number of Topliss-reactive ketones (excluding diaryl/α,β-unsaturated/α-hetero) is 1. The third kappa shape index (κ3) is 3.17. The second-order valence-electron chi connectivity index (χ2n) is 2.83. The van der Waals surface area contributed by atoms with Gasteiger partial charge >= 0.3 is 5.97 Å². The Bertz CT molecular complexity index is 410. The van der Waals surface area contributed by atoms with Gasteiger partial charge in [0.1, 0.15) is 6.54 Å². The summed E-state index contributed by atoms with van der Waals surface area (Å²) >= 11 is 1.11. The Balaban J connectivity index is 2.66. The summed E-state index contributed by atoms with van der Waals surface area (Å²) in [5.41, 5.74) is 0.459. The van der Waals surface area contributed by atoms with E-state index in [2.05, 4.69) is 5.32 Å². The minimum Gasteiger partial charge on any atom is -0.480 e. The van der Waals surface area contributed by atoms with Crippen LogP contribution in [0.3, 0.4) is 0 Å². The van der Waals surface area contributed by atoms with Crippen LogP contribution in [0.25, 0.3) is 0 Å². The summed E-state index contributed by atoms with van der Waals surface area (Å²) < 4.78 is 0. The molecule has 0 radical (unpaired) electrons. The van der Waals surface area contributed by atoms with E-state index in [1.807, 2.05) is 0 Å². The molecule has 0 aliphatic heterocycles. The zero-order valence-electron chi connectivity index (χ0n) is 7.94. The van der Waals surface area contributed by atoms with E-state index in [1.54, 1.807) is 5.38 Å². The van der Waals surface area contributed by atoms with Crippen LogP contribution in [-0.2, 0) is 4.79 Å². The Morgan fingerprint density at radius 2 is 2.13 bits per heavy atom. The van der Waals surface area contributed by atoms with Crippen LogP contribution in [0.1, 0.15) is 27.0 Å². The molecule has 0 fully saturated rings. The van der Waals surface area contributed by atoms with Crippen molar-refractivity contribution in [2.45, 2.75) is 6.92 Å². The third-order valence-corrected chi connectivity index (χ3v) is 2.56. The quantitative estimate of drug-likeness (QED) is 0.744. The van der Waals surface area contributed by atoms with Gasteiger partial charge in [-0.25, -0.2) is 0 Å². The van der Waals surface area contributed by atoms with Crippen LogP contribution in [0.5, 0.6) is 0 Å². The lowest BCUT2D eigenvalue weighted by atomic mass is 10.2. The van der Waals surface area contributed by atoms with E-state index >= 15 is 0 Å². The highest BCUT2D eigenvalue weighted by atomic mass is 32.1. The lowest BCUT2D eigenvalue weighted by Crippen LogP contribution is -2.28. The van der Waals surface area contributed by atoms with Gasteiger partial charge in [0, 0.05) is 10.9 Å². The lowest BCUT2D eigenvalue weighted by Gasteiger charge is -1.97. The average Bonchev–Trinajstić information content (AvgIpc) is 2.62. The van der Waals surface area contributed by atoms with Gasteiger partial charge in [-0.2, -0.15) is 0 Å². The van der Waals surface area contributed by atoms with Gasteiger partial charge in [-0.05, 0) is 13.0 Å². The molecule has 80 valence electrons. The summed E-state index contributed by atoms with van der Waals surface area (Å²) in [7, 11) is 0. The molecule has 0 saturated carbocycles. The fourth-order valence-electron chi connectivity index (χ4n) is 0.883. The van der Waals surface area contributed by atoms with Gasteiger partial charge in [0.15, 0.2) is 5.78 Å². The smallest absolute Gasteiger partial charge is 0.322 e. The fraction of sp³-hybridized carbons (Fsp3) is 0.222. The van der Waals surface area contributed by atoms with Crippen molar-refractivity contribution in [2.75, 3.05) is 6.54 Å². The molecule has 15 heavy (non-hydrogen) atoms. The molecular weight excluding hydrogens is 218 g/mol. The zero-order valence-corrected chi connectivity index (χ0v) is 8.76. The number of aliphatic carboxylic acids is 1. The molecule has 6 heteroatoms. The number of carboxylic acids is 1. The van der Waals surface area contributed by atoms with Crippen LogP contribution in [0.15, 0.2) is 11.4 Å². The zero-order chi connectivity index (χ0) is 11.4. The lowest BCUT2D eigenvalue weighted by molar-refractivity contribution is -0.135. The number of ketones is 1. The van der Waals surface area contributed by atoms with Crippen molar-refractivity contribution in [1.82, 2.24) is 5.32 Å². The Kier molecular flexibility index (Phi) is 3.56. The number of hydrogen-bond donors (Lipinski definition) is 2. The summed E-state index contributed by atoms with van der Waals surface area (Å²) in [6, 6.07) is 1.45. The maximum absolute atomic E-state index is 11.3. The minimum absolute atomic E-state index is 0.122. The highest BCUT2D eigenvalue weighted by Gasteiger charge is 2.11. The van der Waals surface area contributed by atoms with E-state index in [0.717, 1.165) is 11.3 Å². The van der Waals surface area contributed by atoms with Gasteiger partial charge in [-0.15, -0.1) is 11.3 Å². The maximum atomic E-state index is 11.3. The third-order valence-electron chi connectivity index (χ3n) is 1.63. The molecule has 1 rings (SSSR count). The first kappa shape index (κ1) is 11.4. The first-order valence-corrected chi connectivity index (χ1v) is 4.98. The highest BCUT2D eigenvalue weighted by molar-refractivity contribution is 7.12. The molecule has 0 atom stereocenters. The molecule has 1 amide bonds. The Morgan fingerprint density at radius 3 is 2.60 bits per heavy atom. The summed E-state index contributed by atoms with van der Waals surface area (Å²) in [5, 5.41) is 12.1. The van der Waals surface area contributed by atoms with Gasteiger partial charge in [-0.3, -0.25) is 14.4 Å². The molecule has 1 heterocycles. The molecule has 1 aromatic rings. The number of carbonyl (C=O) groups is 3. The summed E-state index contributed by atoms with van der Waals surface area (Å²) in [6.07, 6.45) is 0. The second kappa shape index (κ2) is 4.70. The van der Waals surface area contributed by atoms with E-state index in [1.165, 1.54) is 13.0 Å². The molecule has 0 spiro atoms. The van der Waals surface area contributed by atoms with Crippen LogP contribution in [0, 0.1) is 0 Å². The van der Waals surface area contributed by atoms with Crippen LogP contribution < -0.4 is 5.32 Å². The molecule has 0 bridgehead atoms. The van der Waals surface area contributed by atoms with Crippen molar-refractivity contribution in [3.8, 4) is 0 Å². The van der Waals surface area contributed by atoms with Gasteiger partial charge in [0.2, 0.25) is 0 Å². The number of rotatable bonds is 4. The van der Waals surface area contributed by atoms with Gasteiger partial charge in [-0.1, -0.05) is 0 Å². The summed E-state index contributed by atoms with van der Waals surface area (Å²) in [6.45, 7) is 0.979. The van der Waals surface area contributed by atoms with Gasteiger partial charge < -0.3 is 10.4 Å². The molecule has 1 aromatic heterocycles. The second-order valence-corrected chi connectivity index (χ2v) is 3.74. The predicted molar refractivity (Wildman–Crippen MR) is 54.3 cm³/mol. The molecule has 5 nitrogen and oxygen atoms in total. The van der Waals surface area contributed by atoms with E-state index in [-0.39, 0.29) is 5.78 Å². The fourth-order valence-corrected chi connectivity index (χ4v) is 1.75. The normalized spacial score (nSPS) is 9.67. The first-order valence-electron chi connectivity index (χ1n) is 4.10. The number of hydrogen-bond acceptors (Lipinski definition) is 4. The van der Waals surface area contributed by atoms with E-state index in [4.69, 9.17) is 5.11 Å². The number of carbonyl (C=O) groups excluding carboxylic acids is 2. The monoisotopic (exact) mass is 227 g/mol. The standard InChI is InChI=1S/C9H9NO4S/c1-5(11)6-2-7(15-4-6)9(14)10-3-8(12)13/h2,4H,3H2,1H3,(H,10,14)(H,12,13). The van der Waals surface area contributed by atoms with E-state index in [9.17, 15) is 14.4 Å². The summed E-state index contributed by atoms with van der Waals surface area (Å²) in [4.78, 5) is 32.8. The van der Waals surface area contributed by atoms with Crippen molar-refractivity contribution in [2.24, 2.45) is 0 Å². The topological polar surface area (TPSA) is 83.5 Å².